The Morgan fingerprint density at radius 1 is 0.909 bits per heavy atom. The van der Waals surface area contributed by atoms with E-state index in [9.17, 15) is 4.79 Å². The summed E-state index contributed by atoms with van der Waals surface area (Å²) in [7, 11) is 3.19. The second kappa shape index (κ2) is 13.0. The van der Waals surface area contributed by atoms with E-state index >= 15 is 0 Å². The van der Waals surface area contributed by atoms with Crippen LogP contribution in [0.4, 0.5) is 0 Å². The zero-order valence-electron chi connectivity index (χ0n) is 24.6. The third-order valence-electron chi connectivity index (χ3n) is 6.98. The number of nitrogens with zero attached hydrogens (tertiary/aromatic N) is 5. The Balaban J connectivity index is 1.32. The fourth-order valence-corrected chi connectivity index (χ4v) is 5.56. The summed E-state index contributed by atoms with van der Waals surface area (Å²) in [6.07, 6.45) is 9.59. The molecule has 0 amide bonds. The van der Waals surface area contributed by atoms with Crippen LogP contribution in [0.1, 0.15) is 36.7 Å². The van der Waals surface area contributed by atoms with Crippen molar-refractivity contribution in [1.82, 2.24) is 24.4 Å². The summed E-state index contributed by atoms with van der Waals surface area (Å²) >= 11 is 1.28. The number of aromatic nitrogens is 5. The van der Waals surface area contributed by atoms with Crippen LogP contribution in [0.5, 0.6) is 17.2 Å². The van der Waals surface area contributed by atoms with E-state index < -0.39 is 0 Å². The normalized spacial score (nSPS) is 11.9. The Kier molecular flexibility index (Phi) is 8.51. The summed E-state index contributed by atoms with van der Waals surface area (Å²) in [5.41, 5.74) is 3.93. The van der Waals surface area contributed by atoms with Crippen LogP contribution in [0.3, 0.4) is 0 Å². The maximum absolute atomic E-state index is 13.4. The first-order chi connectivity index (χ1) is 21.6. The number of thiazole rings is 1. The predicted octanol–water partition coefficient (Wildman–Crippen LogP) is 5.92. The second-order valence-corrected chi connectivity index (χ2v) is 11.0. The first-order valence-electron chi connectivity index (χ1n) is 14.3. The molecule has 0 radical (unpaired) electrons. The van der Waals surface area contributed by atoms with Gasteiger partial charge in [-0.15, -0.1) is 5.10 Å². The van der Waals surface area contributed by atoms with Gasteiger partial charge in [0.1, 0.15) is 11.4 Å². The van der Waals surface area contributed by atoms with Crippen molar-refractivity contribution in [2.45, 2.75) is 19.8 Å². The summed E-state index contributed by atoms with van der Waals surface area (Å²) in [4.78, 5) is 18.5. The minimum Gasteiger partial charge on any atom is -0.494 e. The van der Waals surface area contributed by atoms with E-state index in [0.29, 0.717) is 39.1 Å². The smallest absolute Gasteiger partial charge is 0.291 e. The summed E-state index contributed by atoms with van der Waals surface area (Å²) in [5, 5.41) is 9.33. The van der Waals surface area contributed by atoms with E-state index in [2.05, 4.69) is 17.0 Å². The largest absolute Gasteiger partial charge is 0.494 e. The summed E-state index contributed by atoms with van der Waals surface area (Å²) in [6.45, 7) is 2.85. The molecule has 0 bridgehead atoms. The first-order valence-corrected chi connectivity index (χ1v) is 15.1. The molecule has 0 unspecified atom stereocenters. The zero-order chi connectivity index (χ0) is 30.5. The van der Waals surface area contributed by atoms with E-state index in [4.69, 9.17) is 19.3 Å². The number of unbranched alkanes of at least 4 members (excludes halogenated alkanes) is 1. The fraction of sp³-hybridized carbons (Fsp3) is 0.176. The summed E-state index contributed by atoms with van der Waals surface area (Å²) in [6, 6.07) is 23.3. The van der Waals surface area contributed by atoms with Gasteiger partial charge in [-0.05, 0) is 66.6 Å². The number of methoxy groups -OCH3 is 2. The number of fused-ring (bicyclic) bond motifs is 1. The molecular weight excluding hydrogens is 574 g/mol. The van der Waals surface area contributed by atoms with Gasteiger partial charge >= 0.3 is 0 Å². The van der Waals surface area contributed by atoms with Crippen LogP contribution in [0.2, 0.25) is 0 Å². The maximum Gasteiger partial charge on any atom is 0.291 e. The molecule has 0 saturated carbocycles. The molecule has 44 heavy (non-hydrogen) atoms. The lowest BCUT2D eigenvalue weighted by Gasteiger charge is -2.09. The van der Waals surface area contributed by atoms with Gasteiger partial charge in [0, 0.05) is 17.3 Å². The Bertz CT molecular complexity index is 2030. The third-order valence-corrected chi connectivity index (χ3v) is 7.94. The molecule has 10 heteroatoms. The molecule has 6 rings (SSSR count). The fourth-order valence-electron chi connectivity index (χ4n) is 4.65. The van der Waals surface area contributed by atoms with Gasteiger partial charge in [0.15, 0.2) is 17.3 Å². The molecule has 0 saturated heterocycles. The number of hydrogen-bond donors (Lipinski definition) is 0. The second-order valence-electron chi connectivity index (χ2n) is 9.97. The van der Waals surface area contributed by atoms with E-state index in [0.717, 1.165) is 41.0 Å². The van der Waals surface area contributed by atoms with Crippen molar-refractivity contribution >= 4 is 34.5 Å². The highest BCUT2D eigenvalue weighted by Gasteiger charge is 2.16. The average molecular weight is 606 g/mol. The highest BCUT2D eigenvalue weighted by atomic mass is 32.1. The van der Waals surface area contributed by atoms with Crippen molar-refractivity contribution in [2.24, 2.45) is 0 Å². The van der Waals surface area contributed by atoms with E-state index in [1.807, 2.05) is 91.1 Å². The number of ether oxygens (including phenoxy) is 3. The predicted molar refractivity (Wildman–Crippen MR) is 174 cm³/mol. The number of para-hydroxylation sites is 1. The monoisotopic (exact) mass is 605 g/mol. The topological polar surface area (TPSA) is 92.8 Å². The van der Waals surface area contributed by atoms with Gasteiger partial charge in [-0.3, -0.25) is 4.79 Å². The molecule has 9 nitrogen and oxygen atoms in total. The number of rotatable bonds is 11. The molecule has 6 aromatic rings. The lowest BCUT2D eigenvalue weighted by Crippen LogP contribution is -2.23. The van der Waals surface area contributed by atoms with E-state index in [1.54, 1.807) is 25.0 Å². The highest BCUT2D eigenvalue weighted by molar-refractivity contribution is 7.15. The lowest BCUT2D eigenvalue weighted by molar-refractivity contribution is 0.309. The Morgan fingerprint density at radius 3 is 2.43 bits per heavy atom. The molecular formula is C34H31N5O4S. The van der Waals surface area contributed by atoms with E-state index in [1.165, 1.54) is 15.9 Å². The van der Waals surface area contributed by atoms with Crippen molar-refractivity contribution in [3.63, 3.8) is 0 Å². The third kappa shape index (κ3) is 6.11. The van der Waals surface area contributed by atoms with Crippen molar-refractivity contribution in [3.05, 3.63) is 111 Å². The Labute approximate surface area is 258 Å². The molecule has 0 aliphatic heterocycles. The van der Waals surface area contributed by atoms with Crippen molar-refractivity contribution in [1.29, 1.82) is 0 Å². The van der Waals surface area contributed by atoms with Gasteiger partial charge in [-0.1, -0.05) is 61.1 Å². The van der Waals surface area contributed by atoms with Gasteiger partial charge in [0.05, 0.1) is 31.0 Å². The van der Waals surface area contributed by atoms with Crippen LogP contribution in [-0.2, 0) is 0 Å². The summed E-state index contributed by atoms with van der Waals surface area (Å²) < 4.78 is 20.3. The SMILES string of the molecule is CCCCOc1ccc(/C=C/c2nc3s/c(=C\c4cn(-c5ccccc5)nc4-c4ccc(OC)c(OC)c4)c(=O)n3n2)cc1. The molecule has 0 atom stereocenters. The molecule has 3 aromatic carbocycles. The maximum atomic E-state index is 13.4. The van der Waals surface area contributed by atoms with Crippen LogP contribution < -0.4 is 24.3 Å². The van der Waals surface area contributed by atoms with Crippen molar-refractivity contribution in [2.75, 3.05) is 20.8 Å². The van der Waals surface area contributed by atoms with E-state index in [-0.39, 0.29) is 5.56 Å². The molecule has 3 heterocycles. The van der Waals surface area contributed by atoms with Crippen LogP contribution in [-0.4, -0.2) is 45.2 Å². The molecule has 0 N–H and O–H groups in total. The Hall–Kier alpha value is -5.22. The Morgan fingerprint density at radius 2 is 1.70 bits per heavy atom. The quantitative estimate of drug-likeness (QED) is 0.169. The van der Waals surface area contributed by atoms with Gasteiger partial charge in [0.2, 0.25) is 4.96 Å². The molecule has 222 valence electrons. The van der Waals surface area contributed by atoms with Crippen LogP contribution in [0, 0.1) is 0 Å². The van der Waals surface area contributed by atoms with Gasteiger partial charge in [0.25, 0.3) is 5.56 Å². The van der Waals surface area contributed by atoms with Gasteiger partial charge < -0.3 is 14.2 Å². The van der Waals surface area contributed by atoms with Crippen LogP contribution in [0.15, 0.2) is 83.8 Å². The molecule has 0 fully saturated rings. The molecule has 0 spiro atoms. The lowest BCUT2D eigenvalue weighted by atomic mass is 10.1. The number of hydrogen-bond acceptors (Lipinski definition) is 8. The van der Waals surface area contributed by atoms with Crippen molar-refractivity contribution < 1.29 is 14.2 Å². The van der Waals surface area contributed by atoms with Gasteiger partial charge in [-0.25, -0.2) is 4.68 Å². The minimum atomic E-state index is -0.239. The molecule has 0 aliphatic carbocycles. The zero-order valence-corrected chi connectivity index (χ0v) is 25.5. The minimum absolute atomic E-state index is 0.239. The standard InChI is InChI=1S/C34H31N5O4S/c1-4-5-19-43-27-15-11-23(12-16-27)13-18-31-35-34-39(36-31)33(40)30(44-34)21-25-22-38(26-9-7-6-8-10-26)37-32(25)24-14-17-28(41-2)29(20-24)42-3/h6-18,20-22H,4-5,19H2,1-3H3/b18-13+,30-21-. The summed E-state index contributed by atoms with van der Waals surface area (Å²) in [5.74, 6) is 2.52. The van der Waals surface area contributed by atoms with Crippen LogP contribution >= 0.6 is 11.3 Å². The van der Waals surface area contributed by atoms with Crippen LogP contribution in [0.25, 0.3) is 40.1 Å². The average Bonchev–Trinajstić information content (AvgIpc) is 3.75. The highest BCUT2D eigenvalue weighted by Crippen LogP contribution is 2.33. The molecule has 3 aromatic heterocycles. The van der Waals surface area contributed by atoms with Crippen molar-refractivity contribution in [3.8, 4) is 34.2 Å². The number of benzene rings is 3. The molecule has 0 aliphatic rings. The van der Waals surface area contributed by atoms with Gasteiger partial charge in [-0.2, -0.15) is 14.6 Å². The first kappa shape index (κ1) is 28.9.